The molecular formula is C11H19N5O. The molecule has 17 heavy (non-hydrogen) atoms. The van der Waals surface area contributed by atoms with E-state index in [0.717, 1.165) is 13.1 Å². The summed E-state index contributed by atoms with van der Waals surface area (Å²) in [6.45, 7) is 5.48. The maximum atomic E-state index is 12.1. The summed E-state index contributed by atoms with van der Waals surface area (Å²) in [5.41, 5.74) is 0. The topological polar surface area (TPSA) is 65.1 Å². The predicted octanol–water partition coefficient (Wildman–Crippen LogP) is 0.135. The molecule has 1 aromatic rings. The molecule has 1 fully saturated rings. The number of carbonyl (C=O) groups is 1. The molecule has 0 aliphatic carbocycles. The number of rotatable bonds is 2. The average molecular weight is 237 g/mol. The normalized spacial score (nSPS) is 24.6. The third-order valence-electron chi connectivity index (χ3n) is 3.31. The lowest BCUT2D eigenvalue weighted by Crippen LogP contribution is -2.36. The van der Waals surface area contributed by atoms with Crippen LogP contribution in [0.25, 0.3) is 0 Å². The van der Waals surface area contributed by atoms with Crippen LogP contribution in [-0.2, 0) is 0 Å². The van der Waals surface area contributed by atoms with E-state index in [-0.39, 0.29) is 11.7 Å². The number of nitrogens with zero attached hydrogens (tertiary/aromatic N) is 4. The average Bonchev–Trinajstić information content (AvgIpc) is 2.83. The summed E-state index contributed by atoms with van der Waals surface area (Å²) in [7, 11) is 4.10. The van der Waals surface area contributed by atoms with Gasteiger partial charge in [-0.15, -0.1) is 5.10 Å². The molecule has 1 N–H and O–H groups in total. The molecule has 0 aromatic carbocycles. The summed E-state index contributed by atoms with van der Waals surface area (Å²) < 4.78 is 0. The first kappa shape index (κ1) is 12.0. The Kier molecular flexibility index (Phi) is 3.15. The van der Waals surface area contributed by atoms with Crippen LogP contribution in [0.4, 0.5) is 0 Å². The summed E-state index contributed by atoms with van der Waals surface area (Å²) in [5, 5.41) is 6.61. The summed E-state index contributed by atoms with van der Waals surface area (Å²) in [6.07, 6.45) is 0. The van der Waals surface area contributed by atoms with Gasteiger partial charge in [0.2, 0.25) is 5.82 Å². The SMILES string of the molecule is Cc1nc(C(=O)N2CC(C)C(N(C)C)C2)n[nH]1. The minimum absolute atomic E-state index is 0.0782. The molecule has 1 aromatic heterocycles. The number of hydrogen-bond acceptors (Lipinski definition) is 4. The Hall–Kier alpha value is -1.43. The van der Waals surface area contributed by atoms with E-state index in [1.165, 1.54) is 0 Å². The lowest BCUT2D eigenvalue weighted by Gasteiger charge is -2.22. The molecule has 0 spiro atoms. The minimum Gasteiger partial charge on any atom is -0.334 e. The molecule has 1 amide bonds. The lowest BCUT2D eigenvalue weighted by molar-refractivity contribution is 0.0769. The Labute approximate surface area is 101 Å². The van der Waals surface area contributed by atoms with E-state index in [2.05, 4.69) is 27.0 Å². The van der Waals surface area contributed by atoms with Crippen molar-refractivity contribution in [1.82, 2.24) is 25.0 Å². The lowest BCUT2D eigenvalue weighted by atomic mass is 10.1. The first-order chi connectivity index (χ1) is 7.99. The van der Waals surface area contributed by atoms with Gasteiger partial charge in [-0.2, -0.15) is 0 Å². The molecular weight excluding hydrogens is 218 g/mol. The molecule has 6 heteroatoms. The third kappa shape index (κ3) is 2.31. The molecule has 2 unspecified atom stereocenters. The van der Waals surface area contributed by atoms with E-state index in [1.54, 1.807) is 6.92 Å². The first-order valence-electron chi connectivity index (χ1n) is 5.83. The van der Waals surface area contributed by atoms with E-state index >= 15 is 0 Å². The molecule has 2 heterocycles. The van der Waals surface area contributed by atoms with Crippen LogP contribution in [0.15, 0.2) is 0 Å². The van der Waals surface area contributed by atoms with Gasteiger partial charge < -0.3 is 9.80 Å². The van der Waals surface area contributed by atoms with E-state index in [4.69, 9.17) is 0 Å². The van der Waals surface area contributed by atoms with Gasteiger partial charge in [0.1, 0.15) is 5.82 Å². The van der Waals surface area contributed by atoms with Crippen LogP contribution < -0.4 is 0 Å². The molecule has 2 atom stereocenters. The van der Waals surface area contributed by atoms with Gasteiger partial charge in [-0.3, -0.25) is 9.89 Å². The summed E-state index contributed by atoms with van der Waals surface area (Å²) in [4.78, 5) is 20.2. The monoisotopic (exact) mass is 237 g/mol. The Morgan fingerprint density at radius 2 is 2.18 bits per heavy atom. The fourth-order valence-electron chi connectivity index (χ4n) is 2.37. The van der Waals surface area contributed by atoms with Crippen LogP contribution >= 0.6 is 0 Å². The van der Waals surface area contributed by atoms with Crippen LogP contribution in [0.2, 0.25) is 0 Å². The van der Waals surface area contributed by atoms with Gasteiger partial charge in [0.05, 0.1) is 0 Å². The molecule has 1 aliphatic rings. The second kappa shape index (κ2) is 4.44. The van der Waals surface area contributed by atoms with Crippen molar-refractivity contribution in [3.63, 3.8) is 0 Å². The van der Waals surface area contributed by atoms with Crippen molar-refractivity contribution in [3.8, 4) is 0 Å². The zero-order valence-corrected chi connectivity index (χ0v) is 10.8. The number of carbonyl (C=O) groups excluding carboxylic acids is 1. The smallest absolute Gasteiger partial charge is 0.293 e. The highest BCUT2D eigenvalue weighted by Gasteiger charge is 2.35. The second-order valence-corrected chi connectivity index (χ2v) is 4.96. The quantitative estimate of drug-likeness (QED) is 0.794. The van der Waals surface area contributed by atoms with Gasteiger partial charge >= 0.3 is 0 Å². The maximum Gasteiger partial charge on any atom is 0.293 e. The van der Waals surface area contributed by atoms with Gasteiger partial charge in [0, 0.05) is 19.1 Å². The summed E-state index contributed by atoms with van der Waals surface area (Å²) >= 11 is 0. The highest BCUT2D eigenvalue weighted by atomic mass is 16.2. The standard InChI is InChI=1S/C11H19N5O/c1-7-5-16(6-9(7)15(3)4)11(17)10-12-8(2)13-14-10/h7,9H,5-6H2,1-4H3,(H,12,13,14). The van der Waals surface area contributed by atoms with Crippen molar-refractivity contribution in [2.75, 3.05) is 27.2 Å². The van der Waals surface area contributed by atoms with Gasteiger partial charge in [-0.25, -0.2) is 4.98 Å². The fraction of sp³-hybridized carbons (Fsp3) is 0.727. The Balaban J connectivity index is 2.08. The number of H-pyrrole nitrogens is 1. The van der Waals surface area contributed by atoms with Crippen molar-refractivity contribution in [1.29, 1.82) is 0 Å². The van der Waals surface area contributed by atoms with Gasteiger partial charge in [-0.1, -0.05) is 6.92 Å². The highest BCUT2D eigenvalue weighted by molar-refractivity contribution is 5.90. The molecule has 0 saturated carbocycles. The number of amides is 1. The van der Waals surface area contributed by atoms with Crippen LogP contribution in [0.1, 0.15) is 23.4 Å². The van der Waals surface area contributed by atoms with Gasteiger partial charge in [0.25, 0.3) is 5.91 Å². The Morgan fingerprint density at radius 1 is 1.47 bits per heavy atom. The molecule has 0 radical (unpaired) electrons. The third-order valence-corrected chi connectivity index (χ3v) is 3.31. The largest absolute Gasteiger partial charge is 0.334 e. The van der Waals surface area contributed by atoms with E-state index < -0.39 is 0 Å². The van der Waals surface area contributed by atoms with Gasteiger partial charge in [-0.05, 0) is 26.9 Å². The number of aromatic nitrogens is 3. The number of aryl methyl sites for hydroxylation is 1. The van der Waals surface area contributed by atoms with Crippen LogP contribution in [0.3, 0.4) is 0 Å². The molecule has 0 bridgehead atoms. The minimum atomic E-state index is -0.0782. The molecule has 1 aliphatic heterocycles. The van der Waals surface area contributed by atoms with Crippen molar-refractivity contribution in [2.45, 2.75) is 19.9 Å². The predicted molar refractivity (Wildman–Crippen MR) is 63.7 cm³/mol. The fourth-order valence-corrected chi connectivity index (χ4v) is 2.37. The number of nitrogens with one attached hydrogen (secondary N) is 1. The maximum absolute atomic E-state index is 12.1. The van der Waals surface area contributed by atoms with Gasteiger partial charge in [0.15, 0.2) is 0 Å². The zero-order valence-electron chi connectivity index (χ0n) is 10.8. The van der Waals surface area contributed by atoms with Crippen LogP contribution in [-0.4, -0.2) is 64.1 Å². The van der Waals surface area contributed by atoms with Crippen molar-refractivity contribution in [2.24, 2.45) is 5.92 Å². The summed E-state index contributed by atoms with van der Waals surface area (Å²) in [5.74, 6) is 1.35. The number of aromatic amines is 1. The summed E-state index contributed by atoms with van der Waals surface area (Å²) in [6, 6.07) is 0.416. The zero-order chi connectivity index (χ0) is 12.6. The molecule has 2 rings (SSSR count). The van der Waals surface area contributed by atoms with Crippen molar-refractivity contribution >= 4 is 5.91 Å². The number of likely N-dealkylation sites (N-methyl/N-ethyl adjacent to an activating group) is 1. The Bertz CT molecular complexity index is 414. The Morgan fingerprint density at radius 3 is 2.65 bits per heavy atom. The van der Waals surface area contributed by atoms with Crippen LogP contribution in [0.5, 0.6) is 0 Å². The highest BCUT2D eigenvalue weighted by Crippen LogP contribution is 2.20. The number of likely N-dealkylation sites (tertiary alicyclic amines) is 1. The van der Waals surface area contributed by atoms with Crippen molar-refractivity contribution < 1.29 is 4.79 Å². The first-order valence-corrected chi connectivity index (χ1v) is 5.83. The van der Waals surface area contributed by atoms with Crippen LogP contribution in [0, 0.1) is 12.8 Å². The second-order valence-electron chi connectivity index (χ2n) is 4.96. The van der Waals surface area contributed by atoms with E-state index in [0.29, 0.717) is 17.8 Å². The number of hydrogen-bond donors (Lipinski definition) is 1. The molecule has 1 saturated heterocycles. The van der Waals surface area contributed by atoms with Crippen molar-refractivity contribution in [3.05, 3.63) is 11.6 Å². The molecule has 94 valence electrons. The van der Waals surface area contributed by atoms with E-state index in [9.17, 15) is 4.79 Å². The molecule has 6 nitrogen and oxygen atoms in total. The van der Waals surface area contributed by atoms with E-state index in [1.807, 2.05) is 19.0 Å².